The highest BCUT2D eigenvalue weighted by Gasteiger charge is 2.17. The molecule has 4 rings (SSSR count). The molecule has 4 aromatic rings. The van der Waals surface area contributed by atoms with Crippen LogP contribution in [0.5, 0.6) is 0 Å². The van der Waals surface area contributed by atoms with Gasteiger partial charge in [0.1, 0.15) is 0 Å². The van der Waals surface area contributed by atoms with Gasteiger partial charge in [0.25, 0.3) is 5.56 Å². The van der Waals surface area contributed by atoms with Gasteiger partial charge in [0.05, 0.1) is 11.4 Å². The monoisotopic (exact) mass is 415 g/mol. The number of nitrogens with one attached hydrogen (secondary N) is 1. The van der Waals surface area contributed by atoms with Gasteiger partial charge in [-0.15, -0.1) is 0 Å². The van der Waals surface area contributed by atoms with Crippen LogP contribution in [0.25, 0.3) is 33.7 Å². The van der Waals surface area contributed by atoms with Crippen LogP contribution in [0.3, 0.4) is 0 Å². The Morgan fingerprint density at radius 3 is 2.35 bits per heavy atom. The summed E-state index contributed by atoms with van der Waals surface area (Å²) in [6.07, 6.45) is 3.49. The average Bonchev–Trinajstić information content (AvgIpc) is 2.75. The number of hydrogen-bond donors (Lipinski definition) is 1. The molecule has 0 bridgehead atoms. The Balaban J connectivity index is 2.03. The number of fused-ring (bicyclic) bond motifs is 1. The molecule has 0 amide bonds. The van der Waals surface area contributed by atoms with Gasteiger partial charge in [-0.05, 0) is 34.0 Å². The second-order valence-electron chi connectivity index (χ2n) is 8.12. The number of aromatic nitrogens is 4. The molecule has 31 heavy (non-hydrogen) atoms. The molecule has 0 radical (unpaired) electrons. The van der Waals surface area contributed by atoms with Gasteiger partial charge in [-0.1, -0.05) is 30.3 Å². The zero-order valence-corrected chi connectivity index (χ0v) is 18.1. The van der Waals surface area contributed by atoms with E-state index in [4.69, 9.17) is 9.97 Å². The molecule has 1 N–H and O–H groups in total. The molecule has 7 nitrogen and oxygen atoms in total. The van der Waals surface area contributed by atoms with Gasteiger partial charge in [0.15, 0.2) is 11.2 Å². The van der Waals surface area contributed by atoms with Crippen molar-refractivity contribution in [2.45, 2.75) is 26.4 Å². The summed E-state index contributed by atoms with van der Waals surface area (Å²) in [6, 6.07) is 13.0. The number of benzene rings is 1. The molecule has 0 fully saturated rings. The van der Waals surface area contributed by atoms with Crippen LogP contribution in [0, 0.1) is 0 Å². The number of H-pyrrole nitrogens is 1. The van der Waals surface area contributed by atoms with E-state index in [1.165, 1.54) is 6.07 Å². The van der Waals surface area contributed by atoms with Crippen LogP contribution in [-0.2, 0) is 6.54 Å². The summed E-state index contributed by atoms with van der Waals surface area (Å²) in [5, 5.41) is 0. The molecule has 7 heteroatoms. The molecule has 0 aliphatic rings. The topological polar surface area (TPSA) is 83.9 Å². The second kappa shape index (κ2) is 8.28. The van der Waals surface area contributed by atoms with Crippen LogP contribution in [0.1, 0.15) is 25.5 Å². The summed E-state index contributed by atoms with van der Waals surface area (Å²) in [5.41, 5.74) is 3.96. The minimum Gasteiger partial charge on any atom is -0.344 e. The van der Waals surface area contributed by atoms with Gasteiger partial charge in [0.2, 0.25) is 5.43 Å². The first-order chi connectivity index (χ1) is 14.8. The maximum atomic E-state index is 13.1. The molecule has 3 heterocycles. The number of nitrogens with zero attached hydrogens (tertiary/aromatic N) is 4. The van der Waals surface area contributed by atoms with Crippen molar-refractivity contribution in [2.75, 3.05) is 14.1 Å². The Kier molecular flexibility index (Phi) is 5.52. The Labute approximate surface area is 180 Å². The molecule has 158 valence electrons. The zero-order chi connectivity index (χ0) is 22.1. The first-order valence-corrected chi connectivity index (χ1v) is 10.2. The molecule has 3 aromatic heterocycles. The largest absolute Gasteiger partial charge is 0.344 e. The van der Waals surface area contributed by atoms with E-state index in [9.17, 15) is 9.59 Å². The van der Waals surface area contributed by atoms with Crippen LogP contribution < -0.4 is 11.0 Å². The Morgan fingerprint density at radius 2 is 1.68 bits per heavy atom. The quantitative estimate of drug-likeness (QED) is 0.540. The number of rotatable bonds is 5. The van der Waals surface area contributed by atoms with E-state index >= 15 is 0 Å². The van der Waals surface area contributed by atoms with Crippen LogP contribution in [-0.4, -0.2) is 38.5 Å². The van der Waals surface area contributed by atoms with Crippen molar-refractivity contribution >= 4 is 11.2 Å². The maximum absolute atomic E-state index is 13.1. The number of pyridine rings is 2. The summed E-state index contributed by atoms with van der Waals surface area (Å²) < 4.78 is 1.66. The maximum Gasteiger partial charge on any atom is 0.250 e. The second-order valence-corrected chi connectivity index (χ2v) is 8.12. The molecule has 0 saturated heterocycles. The van der Waals surface area contributed by atoms with Crippen molar-refractivity contribution in [1.29, 1.82) is 0 Å². The Bertz CT molecular complexity index is 1350. The van der Waals surface area contributed by atoms with E-state index in [1.807, 2.05) is 63.2 Å². The SMILES string of the molecule is CC(C)n1cc(-c2nc3c(=O)c(CN(C)C)c[nH]c3nc2-c2ccccc2)ccc1=O. The zero-order valence-electron chi connectivity index (χ0n) is 18.1. The number of hydrogen-bond acceptors (Lipinski definition) is 5. The summed E-state index contributed by atoms with van der Waals surface area (Å²) in [6.45, 7) is 4.40. The molecule has 0 saturated carbocycles. The van der Waals surface area contributed by atoms with E-state index in [-0.39, 0.29) is 22.5 Å². The van der Waals surface area contributed by atoms with Gasteiger partial charge in [-0.2, -0.15) is 0 Å². The van der Waals surface area contributed by atoms with Crippen molar-refractivity contribution in [3.63, 3.8) is 0 Å². The normalized spacial score (nSPS) is 11.5. The summed E-state index contributed by atoms with van der Waals surface area (Å²) in [4.78, 5) is 40.0. The highest BCUT2D eigenvalue weighted by Crippen LogP contribution is 2.29. The van der Waals surface area contributed by atoms with Crippen LogP contribution >= 0.6 is 0 Å². The fourth-order valence-electron chi connectivity index (χ4n) is 3.57. The minimum absolute atomic E-state index is 0.00358. The third kappa shape index (κ3) is 4.04. The predicted octanol–water partition coefficient (Wildman–Crippen LogP) is 3.46. The summed E-state index contributed by atoms with van der Waals surface area (Å²) in [5.74, 6) is 0. The minimum atomic E-state index is -0.145. The fraction of sp³-hybridized carbons (Fsp3) is 0.250. The molecule has 0 aliphatic carbocycles. The molecular weight excluding hydrogens is 390 g/mol. The van der Waals surface area contributed by atoms with Crippen molar-refractivity contribution in [3.05, 3.63) is 81.0 Å². The van der Waals surface area contributed by atoms with Gasteiger partial charge < -0.3 is 14.5 Å². The van der Waals surface area contributed by atoms with Gasteiger partial charge >= 0.3 is 0 Å². The van der Waals surface area contributed by atoms with Crippen molar-refractivity contribution in [3.8, 4) is 22.5 Å². The predicted molar refractivity (Wildman–Crippen MR) is 123 cm³/mol. The lowest BCUT2D eigenvalue weighted by Gasteiger charge is -2.14. The van der Waals surface area contributed by atoms with Crippen LogP contribution in [0.15, 0.2) is 64.4 Å². The van der Waals surface area contributed by atoms with Crippen molar-refractivity contribution in [2.24, 2.45) is 0 Å². The van der Waals surface area contributed by atoms with Crippen LogP contribution in [0.4, 0.5) is 0 Å². The van der Waals surface area contributed by atoms with E-state index in [2.05, 4.69) is 4.98 Å². The summed E-state index contributed by atoms with van der Waals surface area (Å²) >= 11 is 0. The standard InChI is InChI=1S/C24H25N5O2/c1-15(2)29-14-17(10-11-19(29)30)21-20(16-8-6-5-7-9-16)27-24-22(26-21)23(31)18(12-25-24)13-28(3)4/h5-12,14-15H,13H2,1-4H3,(H,25,27,31). The van der Waals surface area contributed by atoms with E-state index in [0.29, 0.717) is 29.1 Å². The molecular formula is C24H25N5O2. The molecule has 0 atom stereocenters. The van der Waals surface area contributed by atoms with Gasteiger partial charge in [-0.25, -0.2) is 9.97 Å². The fourth-order valence-corrected chi connectivity index (χ4v) is 3.57. The Hall–Kier alpha value is -3.58. The molecule has 0 aliphatic heterocycles. The van der Waals surface area contributed by atoms with E-state index in [1.54, 1.807) is 23.0 Å². The molecule has 1 aromatic carbocycles. The molecule has 0 spiro atoms. The van der Waals surface area contributed by atoms with Gasteiger partial charge in [-0.3, -0.25) is 9.59 Å². The van der Waals surface area contributed by atoms with Crippen molar-refractivity contribution < 1.29 is 0 Å². The Morgan fingerprint density at radius 1 is 0.968 bits per heavy atom. The lowest BCUT2D eigenvalue weighted by atomic mass is 10.0. The smallest absolute Gasteiger partial charge is 0.250 e. The van der Waals surface area contributed by atoms with Crippen molar-refractivity contribution in [1.82, 2.24) is 24.4 Å². The van der Waals surface area contributed by atoms with E-state index in [0.717, 1.165) is 11.1 Å². The number of aromatic amines is 1. The molecule has 0 unspecified atom stereocenters. The highest BCUT2D eigenvalue weighted by atomic mass is 16.1. The van der Waals surface area contributed by atoms with Crippen LogP contribution in [0.2, 0.25) is 0 Å². The van der Waals surface area contributed by atoms with E-state index < -0.39 is 0 Å². The first-order valence-electron chi connectivity index (χ1n) is 10.2. The third-order valence-electron chi connectivity index (χ3n) is 5.09. The highest BCUT2D eigenvalue weighted by molar-refractivity contribution is 5.84. The van der Waals surface area contributed by atoms with Gasteiger partial charge in [0, 0.05) is 47.7 Å². The lowest BCUT2D eigenvalue weighted by Crippen LogP contribution is -2.21. The lowest BCUT2D eigenvalue weighted by molar-refractivity contribution is 0.401. The third-order valence-corrected chi connectivity index (χ3v) is 5.09. The summed E-state index contributed by atoms with van der Waals surface area (Å²) in [7, 11) is 3.82. The average molecular weight is 415 g/mol. The first kappa shape index (κ1) is 20.7.